The lowest BCUT2D eigenvalue weighted by Crippen LogP contribution is -2.21. The van der Waals surface area contributed by atoms with Crippen molar-refractivity contribution in [3.05, 3.63) is 0 Å². The average molecular weight is 142 g/mol. The van der Waals surface area contributed by atoms with Gasteiger partial charge in [0.15, 0.2) is 0 Å². The van der Waals surface area contributed by atoms with Crippen molar-refractivity contribution < 1.29 is 4.80 Å². The smallest absolute Gasteiger partial charge is 0.231 e. The van der Waals surface area contributed by atoms with Gasteiger partial charge < -0.3 is 0 Å². The minimum Gasteiger partial charge on any atom is -0.298 e. The first-order valence-corrected chi connectivity index (χ1v) is 6.25. The summed E-state index contributed by atoms with van der Waals surface area (Å²) in [6.07, 6.45) is 1.33. The quantitative estimate of drug-likeness (QED) is 0.438. The Morgan fingerprint density at radius 3 is 2.44 bits per heavy atom. The zero-order valence-electron chi connectivity index (χ0n) is 5.98. The van der Waals surface area contributed by atoms with E-state index in [1.807, 2.05) is 6.07 Å². The average Bonchev–Trinajstić information content (AvgIpc) is 1.63. The Morgan fingerprint density at radius 2 is 2.11 bits per heavy atom. The van der Waals surface area contributed by atoms with Gasteiger partial charge in [-0.1, -0.05) is 0 Å². The highest BCUT2D eigenvalue weighted by Crippen LogP contribution is 2.09. The SMILES string of the molecule is C[Si](C)([O])CCCC#N. The van der Waals surface area contributed by atoms with E-state index in [-0.39, 0.29) is 0 Å². The summed E-state index contributed by atoms with van der Waals surface area (Å²) in [7, 11) is -2.10. The first kappa shape index (κ1) is 8.67. The monoisotopic (exact) mass is 142 g/mol. The van der Waals surface area contributed by atoms with E-state index < -0.39 is 8.32 Å². The lowest BCUT2D eigenvalue weighted by molar-refractivity contribution is 0.426. The summed E-state index contributed by atoms with van der Waals surface area (Å²) in [4.78, 5) is 11.0. The fraction of sp³-hybridized carbons (Fsp3) is 0.833. The molecule has 51 valence electrons. The maximum atomic E-state index is 11.0. The summed E-state index contributed by atoms with van der Waals surface area (Å²) in [6.45, 7) is 3.56. The summed E-state index contributed by atoms with van der Waals surface area (Å²) in [5, 5.41) is 8.13. The molecular formula is C6H12NOSi. The van der Waals surface area contributed by atoms with Gasteiger partial charge in [0.2, 0.25) is 8.32 Å². The molecule has 0 aromatic carbocycles. The Hall–Kier alpha value is -0.333. The predicted molar refractivity (Wildman–Crippen MR) is 37.8 cm³/mol. The Bertz CT molecular complexity index is 111. The van der Waals surface area contributed by atoms with Crippen molar-refractivity contribution in [3.63, 3.8) is 0 Å². The summed E-state index contributed by atoms with van der Waals surface area (Å²) >= 11 is 0. The zero-order chi connectivity index (χ0) is 7.33. The van der Waals surface area contributed by atoms with Gasteiger partial charge in [-0.15, -0.1) is 0 Å². The molecule has 0 bridgehead atoms. The maximum Gasteiger partial charge on any atom is 0.231 e. The molecule has 0 heterocycles. The molecule has 0 aromatic rings. The van der Waals surface area contributed by atoms with E-state index in [0.717, 1.165) is 12.5 Å². The number of unbranched alkanes of at least 4 members (excludes halogenated alkanes) is 1. The van der Waals surface area contributed by atoms with Crippen molar-refractivity contribution >= 4 is 8.32 Å². The highest BCUT2D eigenvalue weighted by molar-refractivity contribution is 6.69. The lowest BCUT2D eigenvalue weighted by atomic mass is 10.4. The molecule has 0 atom stereocenters. The van der Waals surface area contributed by atoms with Crippen LogP contribution in [0, 0.1) is 11.3 Å². The van der Waals surface area contributed by atoms with Crippen molar-refractivity contribution in [3.8, 4) is 6.07 Å². The third-order valence-electron chi connectivity index (χ3n) is 1.07. The summed E-state index contributed by atoms with van der Waals surface area (Å²) < 4.78 is 0. The molecule has 0 amide bonds. The molecule has 0 aliphatic rings. The highest BCUT2D eigenvalue weighted by Gasteiger charge is 2.18. The van der Waals surface area contributed by atoms with Gasteiger partial charge in [-0.05, 0) is 25.6 Å². The molecule has 1 radical (unpaired) electrons. The number of nitriles is 1. The highest BCUT2D eigenvalue weighted by atomic mass is 28.4. The van der Waals surface area contributed by atoms with Crippen molar-refractivity contribution in [1.29, 1.82) is 5.26 Å². The zero-order valence-corrected chi connectivity index (χ0v) is 6.98. The predicted octanol–water partition coefficient (Wildman–Crippen LogP) is 1.93. The normalized spacial score (nSPS) is 10.9. The van der Waals surface area contributed by atoms with Crippen LogP contribution in [0.4, 0.5) is 0 Å². The fourth-order valence-electron chi connectivity index (χ4n) is 0.593. The molecule has 9 heavy (non-hydrogen) atoms. The maximum absolute atomic E-state index is 11.0. The van der Waals surface area contributed by atoms with Gasteiger partial charge >= 0.3 is 0 Å². The molecule has 0 spiro atoms. The van der Waals surface area contributed by atoms with Crippen LogP contribution >= 0.6 is 0 Å². The van der Waals surface area contributed by atoms with Crippen LogP contribution in [-0.2, 0) is 4.80 Å². The van der Waals surface area contributed by atoms with Crippen molar-refractivity contribution in [2.75, 3.05) is 0 Å². The molecule has 0 aromatic heterocycles. The molecule has 0 rings (SSSR count). The molecule has 3 heteroatoms. The van der Waals surface area contributed by atoms with E-state index in [9.17, 15) is 4.80 Å². The van der Waals surface area contributed by atoms with E-state index in [1.54, 1.807) is 13.1 Å². The molecule has 2 nitrogen and oxygen atoms in total. The van der Waals surface area contributed by atoms with Gasteiger partial charge in [0.1, 0.15) is 0 Å². The van der Waals surface area contributed by atoms with Crippen LogP contribution in [-0.4, -0.2) is 8.32 Å². The second-order valence-electron chi connectivity index (χ2n) is 2.77. The first-order chi connectivity index (χ1) is 4.06. The van der Waals surface area contributed by atoms with Crippen molar-refractivity contribution in [1.82, 2.24) is 0 Å². The Morgan fingerprint density at radius 1 is 1.56 bits per heavy atom. The molecule has 0 aliphatic carbocycles. The minimum absolute atomic E-state index is 0.540. The van der Waals surface area contributed by atoms with Crippen LogP contribution in [0.5, 0.6) is 0 Å². The summed E-state index contributed by atoms with van der Waals surface area (Å²) in [6, 6.07) is 2.76. The number of nitrogens with zero attached hydrogens (tertiary/aromatic N) is 1. The largest absolute Gasteiger partial charge is 0.298 e. The van der Waals surface area contributed by atoms with E-state index >= 15 is 0 Å². The second-order valence-corrected chi connectivity index (χ2v) is 6.79. The van der Waals surface area contributed by atoms with Crippen LogP contribution < -0.4 is 0 Å². The van der Waals surface area contributed by atoms with Gasteiger partial charge in [0.05, 0.1) is 6.07 Å². The van der Waals surface area contributed by atoms with Crippen LogP contribution in [0.15, 0.2) is 0 Å². The molecular weight excluding hydrogens is 130 g/mol. The van der Waals surface area contributed by atoms with Crippen LogP contribution in [0.2, 0.25) is 19.1 Å². The van der Waals surface area contributed by atoms with Gasteiger partial charge in [-0.3, -0.25) is 4.80 Å². The Labute approximate surface area is 57.3 Å². The van der Waals surface area contributed by atoms with E-state index in [2.05, 4.69) is 0 Å². The number of rotatable bonds is 3. The van der Waals surface area contributed by atoms with Crippen molar-refractivity contribution in [2.45, 2.75) is 32.0 Å². The van der Waals surface area contributed by atoms with Gasteiger partial charge in [-0.25, -0.2) is 0 Å². The minimum atomic E-state index is -2.10. The summed E-state index contributed by atoms with van der Waals surface area (Å²) in [5.41, 5.74) is 0. The lowest BCUT2D eigenvalue weighted by Gasteiger charge is -2.07. The fourth-order valence-corrected chi connectivity index (χ4v) is 1.62. The van der Waals surface area contributed by atoms with Crippen LogP contribution in [0.1, 0.15) is 12.8 Å². The van der Waals surface area contributed by atoms with E-state index in [0.29, 0.717) is 6.42 Å². The standard InChI is InChI=1S/C6H12NOSi/c1-9(2,8)6-4-3-5-7/h3-4,6H2,1-2H3. The summed E-state index contributed by atoms with van der Waals surface area (Å²) in [5.74, 6) is 0. The van der Waals surface area contributed by atoms with Gasteiger partial charge in [0, 0.05) is 6.42 Å². The molecule has 0 N–H and O–H groups in total. The van der Waals surface area contributed by atoms with Gasteiger partial charge in [0.25, 0.3) is 0 Å². The first-order valence-electron chi connectivity index (χ1n) is 3.13. The van der Waals surface area contributed by atoms with E-state index in [1.165, 1.54) is 0 Å². The number of hydrogen-bond donors (Lipinski definition) is 0. The van der Waals surface area contributed by atoms with Crippen LogP contribution in [0.25, 0.3) is 0 Å². The molecule has 0 saturated carbocycles. The Kier molecular flexibility index (Phi) is 3.51. The van der Waals surface area contributed by atoms with Gasteiger partial charge in [-0.2, -0.15) is 5.26 Å². The molecule has 0 aliphatic heterocycles. The Balaban J connectivity index is 3.20. The topological polar surface area (TPSA) is 43.7 Å². The van der Waals surface area contributed by atoms with E-state index in [4.69, 9.17) is 5.26 Å². The third-order valence-corrected chi connectivity index (χ3v) is 2.63. The molecule has 0 saturated heterocycles. The van der Waals surface area contributed by atoms with Crippen molar-refractivity contribution in [2.24, 2.45) is 0 Å². The molecule has 0 unspecified atom stereocenters. The van der Waals surface area contributed by atoms with Crippen LogP contribution in [0.3, 0.4) is 0 Å². The molecule has 0 fully saturated rings. The number of hydrogen-bond acceptors (Lipinski definition) is 1. The second kappa shape index (κ2) is 3.65. The third kappa shape index (κ3) is 7.67.